The number of cyclic esters (lactones) is 1. The number of rotatable bonds is 4. The summed E-state index contributed by atoms with van der Waals surface area (Å²) in [5.74, 6) is 0.811. The first-order valence-corrected chi connectivity index (χ1v) is 14.6. The normalized spacial score (nSPS) is 48.8. The minimum Gasteiger partial charge on any atom is -0.461 e. The van der Waals surface area contributed by atoms with Crippen LogP contribution in [-0.2, 0) is 19.1 Å². The second-order valence-electron chi connectivity index (χ2n) is 14.1. The van der Waals surface area contributed by atoms with E-state index < -0.39 is 11.5 Å². The Morgan fingerprint density at radius 3 is 2.44 bits per heavy atom. The number of esters is 2. The Morgan fingerprint density at radius 2 is 1.78 bits per heavy atom. The summed E-state index contributed by atoms with van der Waals surface area (Å²) in [6.07, 6.45) is 8.82. The lowest BCUT2D eigenvalue weighted by molar-refractivity contribution is -0.228. The molecule has 5 nitrogen and oxygen atoms in total. The van der Waals surface area contributed by atoms with Crippen LogP contribution in [0.3, 0.4) is 0 Å². The average Bonchev–Trinajstić information content (AvgIpc) is 3.08. The van der Waals surface area contributed by atoms with Crippen molar-refractivity contribution in [3.05, 3.63) is 11.1 Å². The highest BCUT2D eigenvalue weighted by atomic mass is 16.6. The molecule has 1 heterocycles. The average molecular weight is 501 g/mol. The van der Waals surface area contributed by atoms with Crippen molar-refractivity contribution in [2.24, 2.45) is 39.4 Å². The van der Waals surface area contributed by atoms with Gasteiger partial charge in [0.15, 0.2) is 0 Å². The van der Waals surface area contributed by atoms with Crippen LogP contribution in [0, 0.1) is 39.4 Å². The maximum atomic E-state index is 13.3. The van der Waals surface area contributed by atoms with Gasteiger partial charge >= 0.3 is 11.9 Å². The van der Waals surface area contributed by atoms with Crippen LogP contribution < -0.4 is 0 Å². The molecule has 3 saturated carbocycles. The molecule has 0 spiro atoms. The number of carbonyl (C=O) groups excluding carboxylic acids is 2. The highest BCUT2D eigenvalue weighted by molar-refractivity contribution is 5.94. The SMILES string of the molecule is CC[C@@]1(C)CCC[C@]2(C)[C@H]3C[C@H](OC(=O)C[C@@H](C)O)[C@]4(C)C5=C(CC[C@H]4[C@]3(C)CC[C@@H]12)[C@H](C)OC5=O. The Hall–Kier alpha value is -1.36. The zero-order valence-electron chi connectivity index (χ0n) is 23.6. The van der Waals surface area contributed by atoms with Gasteiger partial charge in [0.1, 0.15) is 12.2 Å². The number of hydrogen-bond donors (Lipinski definition) is 1. The molecule has 0 unspecified atom stereocenters. The Morgan fingerprint density at radius 1 is 1.08 bits per heavy atom. The van der Waals surface area contributed by atoms with Crippen molar-refractivity contribution >= 4 is 11.9 Å². The van der Waals surface area contributed by atoms with Gasteiger partial charge in [-0.2, -0.15) is 0 Å². The first-order chi connectivity index (χ1) is 16.8. The van der Waals surface area contributed by atoms with Crippen LogP contribution in [0.2, 0.25) is 0 Å². The third-order valence-corrected chi connectivity index (χ3v) is 12.4. The number of aliphatic hydroxyl groups excluding tert-OH is 1. The second-order valence-corrected chi connectivity index (χ2v) is 14.1. The van der Waals surface area contributed by atoms with Gasteiger partial charge in [-0.15, -0.1) is 0 Å². The van der Waals surface area contributed by atoms with Gasteiger partial charge in [0, 0.05) is 11.0 Å². The third kappa shape index (κ3) is 3.50. The Kier molecular flexibility index (Phi) is 6.26. The van der Waals surface area contributed by atoms with Crippen molar-refractivity contribution in [2.75, 3.05) is 0 Å². The van der Waals surface area contributed by atoms with E-state index in [4.69, 9.17) is 9.47 Å². The van der Waals surface area contributed by atoms with Crippen molar-refractivity contribution < 1.29 is 24.2 Å². The van der Waals surface area contributed by atoms with Crippen molar-refractivity contribution in [3.63, 3.8) is 0 Å². The van der Waals surface area contributed by atoms with Crippen molar-refractivity contribution in [3.8, 4) is 0 Å². The predicted octanol–water partition coefficient (Wildman–Crippen LogP) is 6.37. The summed E-state index contributed by atoms with van der Waals surface area (Å²) in [5.41, 5.74) is 2.01. The molecule has 1 N–H and O–H groups in total. The minimum absolute atomic E-state index is 0.0142. The fourth-order valence-electron chi connectivity index (χ4n) is 10.6. The van der Waals surface area contributed by atoms with Crippen molar-refractivity contribution in [1.82, 2.24) is 0 Å². The third-order valence-electron chi connectivity index (χ3n) is 12.4. The van der Waals surface area contributed by atoms with Crippen LogP contribution in [0.15, 0.2) is 11.1 Å². The lowest BCUT2D eigenvalue weighted by Gasteiger charge is -2.70. The number of hydrogen-bond acceptors (Lipinski definition) is 5. The molecule has 36 heavy (non-hydrogen) atoms. The summed E-state index contributed by atoms with van der Waals surface area (Å²) >= 11 is 0. The Bertz CT molecular complexity index is 968. The smallest absolute Gasteiger partial charge is 0.335 e. The molecule has 4 aliphatic carbocycles. The van der Waals surface area contributed by atoms with Gasteiger partial charge in [0.05, 0.1) is 12.5 Å². The summed E-state index contributed by atoms with van der Waals surface area (Å²) in [4.78, 5) is 26.3. The topological polar surface area (TPSA) is 72.8 Å². The molecule has 1 aliphatic heterocycles. The fourth-order valence-corrected chi connectivity index (χ4v) is 10.6. The van der Waals surface area contributed by atoms with E-state index in [1.807, 2.05) is 6.92 Å². The maximum absolute atomic E-state index is 13.3. The summed E-state index contributed by atoms with van der Waals surface area (Å²) in [7, 11) is 0. The molecule has 0 aromatic heterocycles. The Labute approximate surface area is 217 Å². The van der Waals surface area contributed by atoms with E-state index in [-0.39, 0.29) is 47.3 Å². The molecule has 0 radical (unpaired) electrons. The molecule has 0 saturated heterocycles. The predicted molar refractivity (Wildman–Crippen MR) is 139 cm³/mol. The first-order valence-electron chi connectivity index (χ1n) is 14.6. The van der Waals surface area contributed by atoms with E-state index in [9.17, 15) is 14.7 Å². The monoisotopic (exact) mass is 500 g/mol. The number of carbonyl (C=O) groups is 2. The van der Waals surface area contributed by atoms with E-state index in [0.717, 1.165) is 30.4 Å². The van der Waals surface area contributed by atoms with E-state index >= 15 is 0 Å². The van der Waals surface area contributed by atoms with E-state index in [2.05, 4.69) is 34.6 Å². The Balaban J connectivity index is 1.61. The van der Waals surface area contributed by atoms with E-state index in [1.165, 1.54) is 38.5 Å². The fraction of sp³-hybridized carbons (Fsp3) is 0.871. The lowest BCUT2D eigenvalue weighted by atomic mass is 9.35. The van der Waals surface area contributed by atoms with E-state index in [0.29, 0.717) is 17.3 Å². The molecule has 0 bridgehead atoms. The highest BCUT2D eigenvalue weighted by Gasteiger charge is 2.70. The molecule has 5 heteroatoms. The lowest BCUT2D eigenvalue weighted by Crippen LogP contribution is -2.66. The molecule has 10 atom stereocenters. The minimum atomic E-state index is -0.743. The zero-order valence-corrected chi connectivity index (χ0v) is 23.6. The maximum Gasteiger partial charge on any atom is 0.335 e. The summed E-state index contributed by atoms with van der Waals surface area (Å²) < 4.78 is 12.1. The molecule has 202 valence electrons. The van der Waals surface area contributed by atoms with Crippen LogP contribution in [0.25, 0.3) is 0 Å². The van der Waals surface area contributed by atoms with Crippen LogP contribution in [0.4, 0.5) is 0 Å². The van der Waals surface area contributed by atoms with Gasteiger partial charge in [-0.1, -0.05) is 47.5 Å². The molecule has 5 rings (SSSR count). The zero-order chi connectivity index (χ0) is 26.3. The van der Waals surface area contributed by atoms with Crippen molar-refractivity contribution in [2.45, 2.75) is 131 Å². The van der Waals surface area contributed by atoms with Crippen LogP contribution in [0.5, 0.6) is 0 Å². The molecule has 0 aromatic carbocycles. The van der Waals surface area contributed by atoms with Gasteiger partial charge in [-0.25, -0.2) is 4.79 Å². The number of fused-ring (bicyclic) bond motifs is 6. The van der Waals surface area contributed by atoms with Gasteiger partial charge in [-0.3, -0.25) is 4.79 Å². The molecule has 5 aliphatic rings. The van der Waals surface area contributed by atoms with Gasteiger partial charge < -0.3 is 14.6 Å². The summed E-state index contributed by atoms with van der Waals surface area (Å²) in [6.45, 7) is 15.7. The highest BCUT2D eigenvalue weighted by Crippen LogP contribution is 2.74. The molecule has 0 aromatic rings. The van der Waals surface area contributed by atoms with Crippen molar-refractivity contribution in [1.29, 1.82) is 0 Å². The largest absolute Gasteiger partial charge is 0.461 e. The molecule has 0 amide bonds. The standard InChI is InChI=1S/C31H48O5/c1-8-28(4)13-9-14-29(5)21(28)12-15-30(6)22-11-10-20-19(3)35-27(34)26(20)31(22,7)24(17-23(29)30)36-25(33)16-18(2)32/h18-19,21-24,32H,8-17H2,1-7H3/t18-,19+,21+,22+,23-,24+,28+,29+,30+,31-/m1/s1. The quantitative estimate of drug-likeness (QED) is 0.454. The molecular formula is C31H48O5. The van der Waals surface area contributed by atoms with E-state index in [1.54, 1.807) is 6.92 Å². The van der Waals surface area contributed by atoms with Crippen LogP contribution in [-0.4, -0.2) is 35.4 Å². The number of ether oxygens (including phenoxy) is 2. The molecule has 3 fully saturated rings. The summed E-state index contributed by atoms with van der Waals surface area (Å²) in [6, 6.07) is 0. The van der Waals surface area contributed by atoms with Gasteiger partial charge in [-0.05, 0) is 98.4 Å². The molecular weight excluding hydrogens is 452 g/mol. The van der Waals surface area contributed by atoms with Crippen LogP contribution >= 0.6 is 0 Å². The summed E-state index contributed by atoms with van der Waals surface area (Å²) in [5, 5.41) is 9.90. The first kappa shape index (κ1) is 26.3. The van der Waals surface area contributed by atoms with Crippen LogP contribution in [0.1, 0.15) is 113 Å². The van der Waals surface area contributed by atoms with Gasteiger partial charge in [0.2, 0.25) is 0 Å². The second kappa shape index (κ2) is 8.58. The van der Waals surface area contributed by atoms with Gasteiger partial charge in [0.25, 0.3) is 0 Å². The number of aliphatic hydroxyl groups is 1.